The molecule has 0 spiro atoms. The van der Waals surface area contributed by atoms with Crippen molar-refractivity contribution in [2.24, 2.45) is 5.92 Å². The van der Waals surface area contributed by atoms with Crippen LogP contribution in [0.5, 0.6) is 0 Å². The van der Waals surface area contributed by atoms with Gasteiger partial charge in [-0.3, -0.25) is 4.79 Å². The molecule has 0 saturated carbocycles. The minimum Gasteiger partial charge on any atom is -0.460 e. The monoisotopic (exact) mass is 262 g/mol. The highest BCUT2D eigenvalue weighted by Gasteiger charge is 2.37. The van der Waals surface area contributed by atoms with Crippen LogP contribution in [0.3, 0.4) is 0 Å². The summed E-state index contributed by atoms with van der Waals surface area (Å²) in [6.45, 7) is 7.07. The molecule has 104 valence electrons. The number of ether oxygens (including phenoxy) is 1. The first kappa shape index (κ1) is 13.9. The third-order valence-corrected chi connectivity index (χ3v) is 3.32. The lowest BCUT2D eigenvalue weighted by Gasteiger charge is -2.25. The molecule has 1 aromatic carbocycles. The second-order valence-corrected chi connectivity index (χ2v) is 6.03. The number of carbonyl (C=O) groups is 1. The first-order chi connectivity index (χ1) is 8.88. The highest BCUT2D eigenvalue weighted by atomic mass is 16.6. The van der Waals surface area contributed by atoms with Crippen LogP contribution in [0.15, 0.2) is 24.3 Å². The molecule has 1 fully saturated rings. The summed E-state index contributed by atoms with van der Waals surface area (Å²) in [4.78, 5) is 12.3. The number of hydrogen-bond acceptors (Lipinski definition) is 4. The fraction of sp³-hybridized carbons (Fsp3) is 0.533. The zero-order chi connectivity index (χ0) is 14.0. The summed E-state index contributed by atoms with van der Waals surface area (Å²) in [6, 6.07) is 7.73. The quantitative estimate of drug-likeness (QED) is 0.631. The van der Waals surface area contributed by atoms with Gasteiger partial charge in [-0.25, -0.2) is 0 Å². The van der Waals surface area contributed by atoms with Gasteiger partial charge in [0.1, 0.15) is 5.60 Å². The van der Waals surface area contributed by atoms with Gasteiger partial charge in [0.25, 0.3) is 0 Å². The summed E-state index contributed by atoms with van der Waals surface area (Å²) in [5, 5.41) is 3.26. The molecule has 4 heteroatoms. The molecule has 0 aliphatic carbocycles. The van der Waals surface area contributed by atoms with Gasteiger partial charge in [0.05, 0.1) is 5.92 Å². The Kier molecular flexibility index (Phi) is 3.80. The van der Waals surface area contributed by atoms with Crippen molar-refractivity contribution >= 4 is 11.7 Å². The van der Waals surface area contributed by atoms with E-state index in [0.29, 0.717) is 6.54 Å². The van der Waals surface area contributed by atoms with Gasteiger partial charge in [-0.2, -0.15) is 0 Å². The maximum Gasteiger partial charge on any atom is 0.311 e. The zero-order valence-corrected chi connectivity index (χ0v) is 11.8. The molecule has 1 aliphatic rings. The van der Waals surface area contributed by atoms with Crippen molar-refractivity contribution < 1.29 is 9.53 Å². The van der Waals surface area contributed by atoms with Crippen molar-refractivity contribution in [3.8, 4) is 0 Å². The van der Waals surface area contributed by atoms with Crippen molar-refractivity contribution in [3.05, 3.63) is 29.8 Å². The maximum atomic E-state index is 12.3. The molecule has 0 radical (unpaired) electrons. The highest BCUT2D eigenvalue weighted by Crippen LogP contribution is 2.33. The van der Waals surface area contributed by atoms with E-state index < -0.39 is 5.60 Å². The molecule has 1 aromatic rings. The van der Waals surface area contributed by atoms with Gasteiger partial charge >= 0.3 is 5.97 Å². The van der Waals surface area contributed by atoms with E-state index in [1.165, 1.54) is 0 Å². The Bertz CT molecular complexity index is 465. The molecule has 2 rings (SSSR count). The molecule has 4 nitrogen and oxygen atoms in total. The van der Waals surface area contributed by atoms with Gasteiger partial charge in [-0.05, 0) is 32.4 Å². The lowest BCUT2D eigenvalue weighted by atomic mass is 9.88. The molecule has 1 aliphatic heterocycles. The predicted molar refractivity (Wildman–Crippen MR) is 75.8 cm³/mol. The van der Waals surface area contributed by atoms with Gasteiger partial charge < -0.3 is 15.8 Å². The molecule has 2 atom stereocenters. The van der Waals surface area contributed by atoms with E-state index in [4.69, 9.17) is 10.5 Å². The summed E-state index contributed by atoms with van der Waals surface area (Å²) >= 11 is 0. The number of esters is 1. The van der Waals surface area contributed by atoms with Crippen LogP contribution in [0.2, 0.25) is 0 Å². The van der Waals surface area contributed by atoms with Crippen LogP contribution in [0, 0.1) is 5.92 Å². The average molecular weight is 262 g/mol. The number of nitrogen functional groups attached to an aromatic ring is 1. The number of carbonyl (C=O) groups excluding carboxylic acids is 1. The molecule has 1 heterocycles. The minimum atomic E-state index is -0.452. The number of anilines is 1. The largest absolute Gasteiger partial charge is 0.460 e. The van der Waals surface area contributed by atoms with Gasteiger partial charge in [0.2, 0.25) is 0 Å². The SMILES string of the molecule is CC(C)(C)OC(=O)[C@@H]1CNC[C@H]1c1ccccc1N. The van der Waals surface area contributed by atoms with E-state index in [1.807, 2.05) is 45.0 Å². The van der Waals surface area contributed by atoms with E-state index in [1.54, 1.807) is 0 Å². The number of para-hydroxylation sites is 1. The van der Waals surface area contributed by atoms with E-state index in [2.05, 4.69) is 5.32 Å². The highest BCUT2D eigenvalue weighted by molar-refractivity contribution is 5.75. The van der Waals surface area contributed by atoms with Crippen LogP contribution < -0.4 is 11.1 Å². The van der Waals surface area contributed by atoms with Crippen molar-refractivity contribution in [3.63, 3.8) is 0 Å². The summed E-state index contributed by atoms with van der Waals surface area (Å²) in [6.07, 6.45) is 0. The van der Waals surface area contributed by atoms with E-state index in [0.717, 1.165) is 17.8 Å². The van der Waals surface area contributed by atoms with Gasteiger partial charge in [0.15, 0.2) is 0 Å². The Hall–Kier alpha value is -1.55. The van der Waals surface area contributed by atoms with Crippen LogP contribution in [0.4, 0.5) is 5.69 Å². The first-order valence-corrected chi connectivity index (χ1v) is 6.66. The Balaban J connectivity index is 2.18. The molecular weight excluding hydrogens is 240 g/mol. The summed E-state index contributed by atoms with van der Waals surface area (Å²) < 4.78 is 5.49. The fourth-order valence-corrected chi connectivity index (χ4v) is 2.48. The normalized spacial score (nSPS) is 23.3. The molecule has 3 N–H and O–H groups in total. The van der Waals surface area contributed by atoms with Crippen LogP contribution in [-0.4, -0.2) is 24.7 Å². The molecule has 0 aromatic heterocycles. The lowest BCUT2D eigenvalue weighted by molar-refractivity contribution is -0.159. The number of nitrogens with one attached hydrogen (secondary N) is 1. The second-order valence-electron chi connectivity index (χ2n) is 6.03. The van der Waals surface area contributed by atoms with Gasteiger partial charge in [0, 0.05) is 24.7 Å². The van der Waals surface area contributed by atoms with Gasteiger partial charge in [-0.15, -0.1) is 0 Å². The third-order valence-electron chi connectivity index (χ3n) is 3.32. The summed E-state index contributed by atoms with van der Waals surface area (Å²) in [7, 11) is 0. The van der Waals surface area contributed by atoms with E-state index in [9.17, 15) is 4.79 Å². The standard InChI is InChI=1S/C15H22N2O2/c1-15(2,3)19-14(18)12-9-17-8-11(12)10-6-4-5-7-13(10)16/h4-7,11-12,17H,8-9,16H2,1-3H3/t11-,12+/m0/s1. The van der Waals surface area contributed by atoms with Crippen LogP contribution >= 0.6 is 0 Å². The van der Waals surface area contributed by atoms with Crippen molar-refractivity contribution in [1.82, 2.24) is 5.32 Å². The van der Waals surface area contributed by atoms with Crippen molar-refractivity contribution in [1.29, 1.82) is 0 Å². The molecule has 0 bridgehead atoms. The average Bonchev–Trinajstić information content (AvgIpc) is 2.76. The number of hydrogen-bond donors (Lipinski definition) is 2. The lowest BCUT2D eigenvalue weighted by Crippen LogP contribution is -2.32. The second kappa shape index (κ2) is 5.21. The Morgan fingerprint density at radius 3 is 2.63 bits per heavy atom. The third kappa shape index (κ3) is 3.26. The molecule has 0 amide bonds. The van der Waals surface area contributed by atoms with Crippen LogP contribution in [0.25, 0.3) is 0 Å². The van der Waals surface area contributed by atoms with Crippen molar-refractivity contribution in [2.75, 3.05) is 18.8 Å². The number of nitrogens with two attached hydrogens (primary N) is 1. The number of rotatable bonds is 2. The zero-order valence-electron chi connectivity index (χ0n) is 11.8. The van der Waals surface area contributed by atoms with Gasteiger partial charge in [-0.1, -0.05) is 18.2 Å². The Labute approximate surface area is 114 Å². The fourth-order valence-electron chi connectivity index (χ4n) is 2.48. The molecule has 19 heavy (non-hydrogen) atoms. The number of benzene rings is 1. The summed E-state index contributed by atoms with van der Waals surface area (Å²) in [5.41, 5.74) is 7.33. The predicted octanol–water partition coefficient (Wildman–Crippen LogP) is 1.91. The first-order valence-electron chi connectivity index (χ1n) is 6.66. The molecular formula is C15H22N2O2. The Morgan fingerprint density at radius 2 is 2.00 bits per heavy atom. The van der Waals surface area contributed by atoms with Crippen molar-refractivity contribution in [2.45, 2.75) is 32.3 Å². The van der Waals surface area contributed by atoms with Crippen LogP contribution in [-0.2, 0) is 9.53 Å². The smallest absolute Gasteiger partial charge is 0.311 e. The van der Waals surface area contributed by atoms with Crippen LogP contribution in [0.1, 0.15) is 32.3 Å². The Morgan fingerprint density at radius 1 is 1.32 bits per heavy atom. The van der Waals surface area contributed by atoms with E-state index >= 15 is 0 Å². The maximum absolute atomic E-state index is 12.3. The van der Waals surface area contributed by atoms with E-state index in [-0.39, 0.29) is 17.8 Å². The summed E-state index contributed by atoms with van der Waals surface area (Å²) in [5.74, 6) is -0.217. The minimum absolute atomic E-state index is 0.0936. The molecule has 1 saturated heterocycles. The molecule has 0 unspecified atom stereocenters. The topological polar surface area (TPSA) is 64.3 Å².